The van der Waals surface area contributed by atoms with E-state index in [0.717, 1.165) is 30.4 Å². The van der Waals surface area contributed by atoms with Gasteiger partial charge >= 0.3 is 6.16 Å². The van der Waals surface area contributed by atoms with Gasteiger partial charge < -0.3 is 14.9 Å². The van der Waals surface area contributed by atoms with Crippen LogP contribution in [-0.4, -0.2) is 23.0 Å². The molecule has 4 nitrogen and oxygen atoms in total. The molecular weight excluding hydrogens is 208 g/mol. The number of carbonyl (C=O) groups is 1. The number of aryl methyl sites for hydroxylation is 2. The first-order chi connectivity index (χ1) is 7.63. The zero-order valence-electron chi connectivity index (χ0n) is 9.27. The first kappa shape index (κ1) is 12.5. The predicted molar refractivity (Wildman–Crippen MR) is 59.9 cm³/mol. The molecule has 0 aliphatic carbocycles. The molecule has 1 aromatic rings. The number of carboxylic acid groups (broad SMARTS) is 1. The number of aliphatic hydroxyl groups excluding tert-OH is 1. The van der Waals surface area contributed by atoms with Crippen molar-refractivity contribution in [3.05, 3.63) is 29.3 Å². The summed E-state index contributed by atoms with van der Waals surface area (Å²) in [6.45, 7) is 2.16. The number of hydrogen-bond donors (Lipinski definition) is 2. The highest BCUT2D eigenvalue weighted by molar-refractivity contribution is 5.61. The van der Waals surface area contributed by atoms with Gasteiger partial charge in [-0.2, -0.15) is 0 Å². The van der Waals surface area contributed by atoms with Gasteiger partial charge in [0.25, 0.3) is 0 Å². The summed E-state index contributed by atoms with van der Waals surface area (Å²) in [5.74, 6) is 0.345. The fourth-order valence-electron chi connectivity index (χ4n) is 1.51. The summed E-state index contributed by atoms with van der Waals surface area (Å²) in [6, 6.07) is 5.21. The average molecular weight is 224 g/mol. The summed E-state index contributed by atoms with van der Waals surface area (Å²) in [6.07, 6.45) is 1.16. The minimum atomic E-state index is -1.30. The van der Waals surface area contributed by atoms with Crippen molar-refractivity contribution in [1.82, 2.24) is 0 Å². The maximum atomic E-state index is 10.4. The van der Waals surface area contributed by atoms with Crippen molar-refractivity contribution >= 4 is 6.16 Å². The van der Waals surface area contributed by atoms with E-state index in [2.05, 4.69) is 4.74 Å². The zero-order chi connectivity index (χ0) is 12.0. The quantitative estimate of drug-likeness (QED) is 0.457. The van der Waals surface area contributed by atoms with Gasteiger partial charge in [0, 0.05) is 6.61 Å². The lowest BCUT2D eigenvalue weighted by Gasteiger charge is -2.07. The van der Waals surface area contributed by atoms with Crippen LogP contribution in [0, 0.1) is 6.92 Å². The van der Waals surface area contributed by atoms with E-state index in [1.54, 1.807) is 12.1 Å². The Hall–Kier alpha value is -1.55. The SMILES string of the molecule is Cc1ccc(OC(=O)O)cc1CCCCO. The summed E-state index contributed by atoms with van der Waals surface area (Å²) in [7, 11) is 0. The smallest absolute Gasteiger partial charge is 0.449 e. The maximum absolute atomic E-state index is 10.4. The normalized spacial score (nSPS) is 10.1. The highest BCUT2D eigenvalue weighted by atomic mass is 16.7. The number of aliphatic hydroxyl groups is 1. The standard InChI is InChI=1S/C12H16O4/c1-9-5-6-11(16-12(14)15)8-10(9)4-2-3-7-13/h5-6,8,13H,2-4,7H2,1H3,(H,14,15). The molecule has 4 heteroatoms. The molecule has 16 heavy (non-hydrogen) atoms. The molecular formula is C12H16O4. The third-order valence-electron chi connectivity index (χ3n) is 2.38. The zero-order valence-corrected chi connectivity index (χ0v) is 9.27. The van der Waals surface area contributed by atoms with Gasteiger partial charge in [0.2, 0.25) is 0 Å². The Labute approximate surface area is 94.5 Å². The third-order valence-corrected chi connectivity index (χ3v) is 2.38. The Morgan fingerprint density at radius 2 is 2.12 bits per heavy atom. The first-order valence-corrected chi connectivity index (χ1v) is 5.24. The van der Waals surface area contributed by atoms with Crippen LogP contribution in [0.1, 0.15) is 24.0 Å². The topological polar surface area (TPSA) is 66.8 Å². The minimum Gasteiger partial charge on any atom is -0.449 e. The van der Waals surface area contributed by atoms with Crippen LogP contribution < -0.4 is 4.74 Å². The van der Waals surface area contributed by atoms with Gasteiger partial charge in [-0.3, -0.25) is 0 Å². The Morgan fingerprint density at radius 1 is 1.38 bits per heavy atom. The molecule has 0 saturated heterocycles. The van der Waals surface area contributed by atoms with E-state index >= 15 is 0 Å². The van der Waals surface area contributed by atoms with Gasteiger partial charge in [0.1, 0.15) is 5.75 Å². The van der Waals surface area contributed by atoms with Crippen molar-refractivity contribution in [3.63, 3.8) is 0 Å². The maximum Gasteiger partial charge on any atom is 0.511 e. The van der Waals surface area contributed by atoms with Crippen LogP contribution >= 0.6 is 0 Å². The van der Waals surface area contributed by atoms with Crippen molar-refractivity contribution in [2.24, 2.45) is 0 Å². The van der Waals surface area contributed by atoms with Crippen LogP contribution in [0.5, 0.6) is 5.75 Å². The molecule has 0 atom stereocenters. The molecule has 0 radical (unpaired) electrons. The highest BCUT2D eigenvalue weighted by Crippen LogP contribution is 2.19. The molecule has 1 rings (SSSR count). The van der Waals surface area contributed by atoms with E-state index < -0.39 is 6.16 Å². The van der Waals surface area contributed by atoms with Crippen LogP contribution in [0.3, 0.4) is 0 Å². The van der Waals surface area contributed by atoms with Crippen molar-refractivity contribution < 1.29 is 19.7 Å². The van der Waals surface area contributed by atoms with Crippen LogP contribution in [0.2, 0.25) is 0 Å². The van der Waals surface area contributed by atoms with Gasteiger partial charge in [-0.05, 0) is 49.4 Å². The fraction of sp³-hybridized carbons (Fsp3) is 0.417. The van der Waals surface area contributed by atoms with E-state index in [9.17, 15) is 4.79 Å². The van der Waals surface area contributed by atoms with E-state index in [-0.39, 0.29) is 6.61 Å². The predicted octanol–water partition coefficient (Wildman–Crippen LogP) is 2.37. The molecule has 0 fully saturated rings. The number of unbranched alkanes of at least 4 members (excludes halogenated alkanes) is 1. The minimum absolute atomic E-state index is 0.185. The molecule has 1 aromatic carbocycles. The molecule has 0 bridgehead atoms. The molecule has 88 valence electrons. The van der Waals surface area contributed by atoms with E-state index in [0.29, 0.717) is 5.75 Å². The van der Waals surface area contributed by atoms with Gasteiger partial charge in [0.05, 0.1) is 0 Å². The number of hydrogen-bond acceptors (Lipinski definition) is 3. The molecule has 0 heterocycles. The summed E-state index contributed by atoms with van der Waals surface area (Å²) >= 11 is 0. The molecule has 0 saturated carbocycles. The summed E-state index contributed by atoms with van der Waals surface area (Å²) in [5.41, 5.74) is 2.17. The molecule has 0 aliphatic heterocycles. The lowest BCUT2D eigenvalue weighted by Crippen LogP contribution is -2.03. The monoisotopic (exact) mass is 224 g/mol. The molecule has 0 unspecified atom stereocenters. The molecule has 0 spiro atoms. The second kappa shape index (κ2) is 6.12. The Morgan fingerprint density at radius 3 is 2.75 bits per heavy atom. The van der Waals surface area contributed by atoms with Crippen molar-refractivity contribution in [2.45, 2.75) is 26.2 Å². The van der Waals surface area contributed by atoms with Gasteiger partial charge in [-0.15, -0.1) is 0 Å². The molecule has 0 aliphatic rings. The second-order valence-corrected chi connectivity index (χ2v) is 3.64. The summed E-state index contributed by atoms with van der Waals surface area (Å²) in [4.78, 5) is 10.4. The number of rotatable bonds is 5. The Bertz CT molecular complexity index is 360. The third kappa shape index (κ3) is 3.90. The lowest BCUT2D eigenvalue weighted by molar-refractivity contribution is 0.144. The van der Waals surface area contributed by atoms with Crippen LogP contribution in [-0.2, 0) is 6.42 Å². The second-order valence-electron chi connectivity index (χ2n) is 3.64. The average Bonchev–Trinajstić information content (AvgIpc) is 2.22. The molecule has 2 N–H and O–H groups in total. The first-order valence-electron chi connectivity index (χ1n) is 5.24. The van der Waals surface area contributed by atoms with Crippen molar-refractivity contribution in [3.8, 4) is 5.75 Å². The van der Waals surface area contributed by atoms with Crippen molar-refractivity contribution in [2.75, 3.05) is 6.61 Å². The summed E-state index contributed by atoms with van der Waals surface area (Å²) < 4.78 is 4.58. The van der Waals surface area contributed by atoms with E-state index in [4.69, 9.17) is 10.2 Å². The van der Waals surface area contributed by atoms with Crippen LogP contribution in [0.15, 0.2) is 18.2 Å². The number of benzene rings is 1. The van der Waals surface area contributed by atoms with Gasteiger partial charge in [-0.25, -0.2) is 4.79 Å². The summed E-state index contributed by atoms with van der Waals surface area (Å²) in [5, 5.41) is 17.2. The van der Waals surface area contributed by atoms with E-state index in [1.165, 1.54) is 0 Å². The molecule has 0 aromatic heterocycles. The largest absolute Gasteiger partial charge is 0.511 e. The fourth-order valence-corrected chi connectivity index (χ4v) is 1.51. The number of ether oxygens (including phenoxy) is 1. The van der Waals surface area contributed by atoms with Gasteiger partial charge in [0.15, 0.2) is 0 Å². The van der Waals surface area contributed by atoms with Crippen LogP contribution in [0.25, 0.3) is 0 Å². The lowest BCUT2D eigenvalue weighted by atomic mass is 10.0. The Balaban J connectivity index is 2.70. The Kier molecular flexibility index (Phi) is 4.79. The highest BCUT2D eigenvalue weighted by Gasteiger charge is 2.04. The molecule has 0 amide bonds. The van der Waals surface area contributed by atoms with E-state index in [1.807, 2.05) is 13.0 Å². The van der Waals surface area contributed by atoms with Gasteiger partial charge in [-0.1, -0.05) is 6.07 Å². The van der Waals surface area contributed by atoms with Crippen LogP contribution in [0.4, 0.5) is 4.79 Å². The van der Waals surface area contributed by atoms with Crippen molar-refractivity contribution in [1.29, 1.82) is 0 Å².